The van der Waals surface area contributed by atoms with Crippen molar-refractivity contribution in [3.63, 3.8) is 0 Å². The monoisotopic (exact) mass is 337 g/mol. The third-order valence-corrected chi connectivity index (χ3v) is 4.48. The van der Waals surface area contributed by atoms with Crippen molar-refractivity contribution in [2.45, 2.75) is 19.5 Å². The number of aromatic nitrogens is 1. The molecule has 1 atom stereocenters. The molecule has 0 aliphatic carbocycles. The Kier molecular flexibility index (Phi) is 6.21. The molecule has 1 aliphatic heterocycles. The first-order valence-corrected chi connectivity index (χ1v) is 7.72. The molecular formula is C17H21Cl2N3. The maximum Gasteiger partial charge on any atom is 0.0491 e. The van der Waals surface area contributed by atoms with Gasteiger partial charge in [0.2, 0.25) is 0 Å². The number of pyridine rings is 1. The summed E-state index contributed by atoms with van der Waals surface area (Å²) in [6, 6.07) is 10.5. The molecule has 22 heavy (non-hydrogen) atoms. The molecule has 1 fully saturated rings. The Hall–Kier alpha value is -1.13. The van der Waals surface area contributed by atoms with Crippen LogP contribution in [0.1, 0.15) is 22.7 Å². The number of hydrogen-bond donors (Lipinski definition) is 1. The van der Waals surface area contributed by atoms with Crippen LogP contribution in [0.15, 0.2) is 42.7 Å². The van der Waals surface area contributed by atoms with Gasteiger partial charge in [0.25, 0.3) is 0 Å². The number of hydrogen-bond acceptors (Lipinski definition) is 3. The van der Waals surface area contributed by atoms with Gasteiger partial charge in [0.1, 0.15) is 0 Å². The van der Waals surface area contributed by atoms with E-state index < -0.39 is 0 Å². The standard InChI is InChI=1S/C17H20ClN3.ClH/c1-13-6-7-19-10-14(13)12-21-9-8-20-11-17(21)15-4-2-3-5-16(15)18;/h2-7,10,17,20H,8-9,11-12H2,1H3;1H. The van der Waals surface area contributed by atoms with Crippen molar-refractivity contribution in [3.05, 3.63) is 64.4 Å². The van der Waals surface area contributed by atoms with Crippen LogP contribution in [-0.4, -0.2) is 29.5 Å². The molecule has 2 heterocycles. The number of nitrogens with one attached hydrogen (secondary N) is 1. The van der Waals surface area contributed by atoms with Crippen molar-refractivity contribution in [1.29, 1.82) is 0 Å². The molecule has 1 aromatic heterocycles. The molecule has 1 aliphatic rings. The average Bonchev–Trinajstić information content (AvgIpc) is 2.51. The van der Waals surface area contributed by atoms with Crippen molar-refractivity contribution in [2.24, 2.45) is 0 Å². The van der Waals surface area contributed by atoms with E-state index in [0.29, 0.717) is 6.04 Å². The summed E-state index contributed by atoms with van der Waals surface area (Å²) in [6.07, 6.45) is 3.82. The molecule has 1 unspecified atom stereocenters. The number of benzene rings is 1. The Morgan fingerprint density at radius 3 is 2.91 bits per heavy atom. The van der Waals surface area contributed by atoms with E-state index in [1.165, 1.54) is 16.7 Å². The van der Waals surface area contributed by atoms with Gasteiger partial charge >= 0.3 is 0 Å². The molecule has 1 N–H and O–H groups in total. The van der Waals surface area contributed by atoms with Gasteiger partial charge in [0.05, 0.1) is 0 Å². The van der Waals surface area contributed by atoms with Gasteiger partial charge < -0.3 is 5.32 Å². The summed E-state index contributed by atoms with van der Waals surface area (Å²) < 4.78 is 0. The quantitative estimate of drug-likeness (QED) is 0.927. The third kappa shape index (κ3) is 3.79. The van der Waals surface area contributed by atoms with Crippen LogP contribution in [-0.2, 0) is 6.54 Å². The molecule has 3 rings (SSSR count). The highest BCUT2D eigenvalue weighted by Gasteiger charge is 2.25. The number of nitrogens with zero attached hydrogens (tertiary/aromatic N) is 2. The van der Waals surface area contributed by atoms with E-state index in [2.05, 4.69) is 40.3 Å². The van der Waals surface area contributed by atoms with Gasteiger partial charge in [-0.15, -0.1) is 12.4 Å². The highest BCUT2D eigenvalue weighted by molar-refractivity contribution is 6.31. The van der Waals surface area contributed by atoms with Crippen molar-refractivity contribution in [1.82, 2.24) is 15.2 Å². The molecule has 1 aromatic carbocycles. The Morgan fingerprint density at radius 2 is 2.14 bits per heavy atom. The lowest BCUT2D eigenvalue weighted by Crippen LogP contribution is -2.45. The fourth-order valence-corrected chi connectivity index (χ4v) is 3.13. The van der Waals surface area contributed by atoms with E-state index in [1.54, 1.807) is 0 Å². The summed E-state index contributed by atoms with van der Waals surface area (Å²) in [5.74, 6) is 0. The van der Waals surface area contributed by atoms with Crippen LogP contribution in [0, 0.1) is 6.92 Å². The first kappa shape index (κ1) is 17.2. The van der Waals surface area contributed by atoms with Crippen LogP contribution in [0.4, 0.5) is 0 Å². The molecule has 0 bridgehead atoms. The maximum atomic E-state index is 6.39. The molecule has 0 radical (unpaired) electrons. The van der Waals surface area contributed by atoms with Gasteiger partial charge in [0, 0.05) is 49.6 Å². The van der Waals surface area contributed by atoms with Gasteiger partial charge in [0.15, 0.2) is 0 Å². The van der Waals surface area contributed by atoms with Crippen LogP contribution in [0.5, 0.6) is 0 Å². The fraction of sp³-hybridized carbons (Fsp3) is 0.353. The summed E-state index contributed by atoms with van der Waals surface area (Å²) in [5.41, 5.74) is 3.78. The second-order valence-corrected chi connectivity index (χ2v) is 5.92. The van der Waals surface area contributed by atoms with E-state index in [1.807, 2.05) is 24.5 Å². The molecule has 1 saturated heterocycles. The Labute approximate surface area is 143 Å². The molecule has 0 saturated carbocycles. The van der Waals surface area contributed by atoms with E-state index in [-0.39, 0.29) is 12.4 Å². The minimum Gasteiger partial charge on any atom is -0.314 e. The summed E-state index contributed by atoms with van der Waals surface area (Å²) >= 11 is 6.39. The van der Waals surface area contributed by atoms with E-state index in [9.17, 15) is 0 Å². The minimum absolute atomic E-state index is 0. The Bertz CT molecular complexity index is 618. The predicted molar refractivity (Wildman–Crippen MR) is 93.7 cm³/mol. The fourth-order valence-electron chi connectivity index (χ4n) is 2.87. The van der Waals surface area contributed by atoms with Crippen molar-refractivity contribution in [2.75, 3.05) is 19.6 Å². The van der Waals surface area contributed by atoms with Gasteiger partial charge in [-0.05, 0) is 35.7 Å². The highest BCUT2D eigenvalue weighted by Crippen LogP contribution is 2.29. The van der Waals surface area contributed by atoms with Crippen LogP contribution < -0.4 is 5.32 Å². The minimum atomic E-state index is 0. The number of aryl methyl sites for hydroxylation is 1. The van der Waals surface area contributed by atoms with Crippen molar-refractivity contribution >= 4 is 24.0 Å². The SMILES string of the molecule is Cc1ccncc1CN1CCNCC1c1ccccc1Cl.Cl. The summed E-state index contributed by atoms with van der Waals surface area (Å²) in [4.78, 5) is 6.75. The predicted octanol–water partition coefficient (Wildman–Crippen LogP) is 3.61. The lowest BCUT2D eigenvalue weighted by molar-refractivity contribution is 0.153. The lowest BCUT2D eigenvalue weighted by atomic mass is 10.0. The second-order valence-electron chi connectivity index (χ2n) is 5.51. The Balaban J connectivity index is 0.00000176. The molecular weight excluding hydrogens is 317 g/mol. The highest BCUT2D eigenvalue weighted by atomic mass is 35.5. The molecule has 0 spiro atoms. The summed E-state index contributed by atoms with van der Waals surface area (Å²) in [5, 5.41) is 4.32. The smallest absolute Gasteiger partial charge is 0.0491 e. The van der Waals surface area contributed by atoms with Crippen LogP contribution >= 0.6 is 24.0 Å². The zero-order valence-corrected chi connectivity index (χ0v) is 14.2. The van der Waals surface area contributed by atoms with Crippen LogP contribution in [0.3, 0.4) is 0 Å². The molecule has 3 nitrogen and oxygen atoms in total. The van der Waals surface area contributed by atoms with Gasteiger partial charge in [-0.2, -0.15) is 0 Å². The van der Waals surface area contributed by atoms with Crippen LogP contribution in [0.25, 0.3) is 0 Å². The molecule has 5 heteroatoms. The summed E-state index contributed by atoms with van der Waals surface area (Å²) in [6.45, 7) is 6.02. The zero-order valence-electron chi connectivity index (χ0n) is 12.6. The average molecular weight is 338 g/mol. The number of piperazine rings is 1. The second kappa shape index (κ2) is 7.93. The third-order valence-electron chi connectivity index (χ3n) is 4.14. The molecule has 2 aromatic rings. The maximum absolute atomic E-state index is 6.39. The first-order valence-electron chi connectivity index (χ1n) is 7.34. The normalized spacial score (nSPS) is 18.7. The number of rotatable bonds is 3. The van der Waals surface area contributed by atoms with E-state index >= 15 is 0 Å². The topological polar surface area (TPSA) is 28.2 Å². The molecule has 0 amide bonds. The Morgan fingerprint density at radius 1 is 1.32 bits per heavy atom. The van der Waals surface area contributed by atoms with E-state index in [0.717, 1.165) is 31.2 Å². The van der Waals surface area contributed by atoms with E-state index in [4.69, 9.17) is 11.6 Å². The number of halogens is 2. The van der Waals surface area contributed by atoms with Gasteiger partial charge in [-0.3, -0.25) is 9.88 Å². The first-order chi connectivity index (χ1) is 10.3. The van der Waals surface area contributed by atoms with Gasteiger partial charge in [-0.25, -0.2) is 0 Å². The molecule has 118 valence electrons. The lowest BCUT2D eigenvalue weighted by Gasteiger charge is -2.37. The van der Waals surface area contributed by atoms with Gasteiger partial charge in [-0.1, -0.05) is 29.8 Å². The van der Waals surface area contributed by atoms with Crippen molar-refractivity contribution < 1.29 is 0 Å². The summed E-state index contributed by atoms with van der Waals surface area (Å²) in [7, 11) is 0. The zero-order chi connectivity index (χ0) is 14.7. The van der Waals surface area contributed by atoms with Crippen LogP contribution in [0.2, 0.25) is 5.02 Å². The largest absolute Gasteiger partial charge is 0.314 e. The van der Waals surface area contributed by atoms with Crippen molar-refractivity contribution in [3.8, 4) is 0 Å².